The summed E-state index contributed by atoms with van der Waals surface area (Å²) in [4.78, 5) is 15.1. The second kappa shape index (κ2) is 10.1. The third-order valence-electron chi connectivity index (χ3n) is 7.94. The smallest absolute Gasteiger partial charge is 0.164 e. The van der Waals surface area contributed by atoms with E-state index in [1.165, 1.54) is 22.3 Å². The van der Waals surface area contributed by atoms with Gasteiger partial charge >= 0.3 is 0 Å². The summed E-state index contributed by atoms with van der Waals surface area (Å²) in [5.41, 5.74) is 8.16. The predicted molar refractivity (Wildman–Crippen MR) is 170 cm³/mol. The number of allylic oxidation sites excluding steroid dienone is 1. The minimum Gasteiger partial charge on any atom is -0.454 e. The van der Waals surface area contributed by atoms with Gasteiger partial charge in [-0.2, -0.15) is 0 Å². The van der Waals surface area contributed by atoms with Crippen molar-refractivity contribution in [1.82, 2.24) is 15.0 Å². The zero-order valence-corrected chi connectivity index (χ0v) is 23.3. The molecule has 0 fully saturated rings. The summed E-state index contributed by atoms with van der Waals surface area (Å²) < 4.78 is 6.17. The highest BCUT2D eigenvalue weighted by Gasteiger charge is 2.23. The Kier molecular flexibility index (Phi) is 5.94. The molecule has 5 aromatic carbocycles. The lowest BCUT2D eigenvalue weighted by Crippen LogP contribution is -2.12. The third kappa shape index (κ3) is 4.28. The van der Waals surface area contributed by atoms with Gasteiger partial charge in [0.25, 0.3) is 0 Å². The van der Waals surface area contributed by atoms with E-state index in [0.717, 1.165) is 39.7 Å². The zero-order chi connectivity index (χ0) is 28.0. The molecular formula is C37H24ClN3O. The summed E-state index contributed by atoms with van der Waals surface area (Å²) in [6.07, 6.45) is 5.23. The first-order chi connectivity index (χ1) is 20.7. The standard InChI is InChI=1S/C37H24ClN3O/c38-31-20-19-30(33-29-13-7-8-14-32(29)42-34(31)33)37-40-35(24-11-5-2-6-12-24)39-36(41-37)28-18-17-26-21-25(15-16-27(26)22-28)23-9-3-1-4-10-23/h1-21,28H,22H2. The van der Waals surface area contributed by atoms with Crippen molar-refractivity contribution in [2.24, 2.45) is 0 Å². The fraction of sp³-hybridized carbons (Fsp3) is 0.0541. The van der Waals surface area contributed by atoms with Gasteiger partial charge in [-0.05, 0) is 52.9 Å². The first-order valence-electron chi connectivity index (χ1n) is 14.0. The summed E-state index contributed by atoms with van der Waals surface area (Å²) >= 11 is 6.61. The molecule has 1 aliphatic rings. The Morgan fingerprint density at radius 3 is 2.24 bits per heavy atom. The number of hydrogen-bond acceptors (Lipinski definition) is 4. The van der Waals surface area contributed by atoms with Crippen LogP contribution in [0.3, 0.4) is 0 Å². The maximum absolute atomic E-state index is 6.61. The van der Waals surface area contributed by atoms with E-state index in [2.05, 4.69) is 54.6 Å². The second-order valence-corrected chi connectivity index (χ2v) is 11.0. The molecule has 2 heterocycles. The number of para-hydroxylation sites is 1. The Balaban J connectivity index is 1.26. The quantitative estimate of drug-likeness (QED) is 0.214. The van der Waals surface area contributed by atoms with Crippen LogP contribution in [0.5, 0.6) is 0 Å². The third-order valence-corrected chi connectivity index (χ3v) is 8.23. The van der Waals surface area contributed by atoms with Crippen molar-refractivity contribution in [2.75, 3.05) is 0 Å². The maximum Gasteiger partial charge on any atom is 0.164 e. The summed E-state index contributed by atoms with van der Waals surface area (Å²) in [5, 5.41) is 2.45. The Labute approximate surface area is 248 Å². The van der Waals surface area contributed by atoms with Crippen LogP contribution in [0, 0.1) is 0 Å². The average molecular weight is 562 g/mol. The summed E-state index contributed by atoms with van der Waals surface area (Å²) in [6, 6.07) is 39.1. The number of rotatable bonds is 4. The summed E-state index contributed by atoms with van der Waals surface area (Å²) in [7, 11) is 0. The lowest BCUT2D eigenvalue weighted by atomic mass is 9.87. The van der Waals surface area contributed by atoms with E-state index < -0.39 is 0 Å². The Morgan fingerprint density at radius 2 is 1.40 bits per heavy atom. The van der Waals surface area contributed by atoms with Crippen molar-refractivity contribution in [1.29, 1.82) is 0 Å². The molecule has 0 aliphatic heterocycles. The van der Waals surface area contributed by atoms with Crippen LogP contribution < -0.4 is 0 Å². The van der Waals surface area contributed by atoms with Crippen LogP contribution in [-0.4, -0.2) is 15.0 Å². The number of furan rings is 1. The van der Waals surface area contributed by atoms with Crippen LogP contribution in [0.2, 0.25) is 5.02 Å². The van der Waals surface area contributed by atoms with Crippen LogP contribution in [-0.2, 0) is 6.42 Å². The summed E-state index contributed by atoms with van der Waals surface area (Å²) in [5.74, 6) is 1.99. The van der Waals surface area contributed by atoms with Gasteiger partial charge in [0.05, 0.1) is 5.02 Å². The molecule has 0 spiro atoms. The molecule has 4 nitrogen and oxygen atoms in total. The normalized spacial score (nSPS) is 14.4. The highest BCUT2D eigenvalue weighted by atomic mass is 35.5. The average Bonchev–Trinajstić information content (AvgIpc) is 3.46. The minimum atomic E-state index is 0.00757. The Bertz CT molecular complexity index is 2130. The molecule has 42 heavy (non-hydrogen) atoms. The van der Waals surface area contributed by atoms with Crippen molar-refractivity contribution in [3.8, 4) is 33.9 Å². The lowest BCUT2D eigenvalue weighted by molar-refractivity contribution is 0.669. The van der Waals surface area contributed by atoms with E-state index in [9.17, 15) is 0 Å². The van der Waals surface area contributed by atoms with Gasteiger partial charge in [-0.1, -0.05) is 115 Å². The molecule has 0 amide bonds. The topological polar surface area (TPSA) is 51.8 Å². The zero-order valence-electron chi connectivity index (χ0n) is 22.5. The maximum atomic E-state index is 6.61. The number of hydrogen-bond donors (Lipinski definition) is 0. The SMILES string of the molecule is Clc1ccc(-c2nc(-c3ccccc3)nc(C3C=Cc4cc(-c5ccccc5)ccc4C3)n2)c2c1oc1ccccc12. The van der Waals surface area contributed by atoms with E-state index in [1.54, 1.807) is 0 Å². The van der Waals surface area contributed by atoms with Crippen molar-refractivity contribution in [2.45, 2.75) is 12.3 Å². The number of nitrogens with zero attached hydrogens (tertiary/aromatic N) is 3. The van der Waals surface area contributed by atoms with E-state index in [0.29, 0.717) is 22.3 Å². The Hall–Kier alpha value is -5.06. The fourth-order valence-electron chi connectivity index (χ4n) is 5.83. The lowest BCUT2D eigenvalue weighted by Gasteiger charge is -2.20. The highest BCUT2D eigenvalue weighted by Crippen LogP contribution is 2.40. The first kappa shape index (κ1) is 24.7. The van der Waals surface area contributed by atoms with Crippen LogP contribution in [0.25, 0.3) is 61.9 Å². The van der Waals surface area contributed by atoms with Crippen molar-refractivity contribution >= 4 is 39.6 Å². The van der Waals surface area contributed by atoms with Gasteiger partial charge in [0.1, 0.15) is 11.4 Å². The number of fused-ring (bicyclic) bond motifs is 4. The van der Waals surface area contributed by atoms with Crippen molar-refractivity contribution in [3.63, 3.8) is 0 Å². The molecule has 1 unspecified atom stereocenters. The monoisotopic (exact) mass is 561 g/mol. The van der Waals surface area contributed by atoms with E-state index in [1.807, 2.05) is 72.8 Å². The van der Waals surface area contributed by atoms with E-state index >= 15 is 0 Å². The number of halogens is 1. The van der Waals surface area contributed by atoms with Gasteiger partial charge in [-0.15, -0.1) is 0 Å². The van der Waals surface area contributed by atoms with Gasteiger partial charge in [0.2, 0.25) is 0 Å². The van der Waals surface area contributed by atoms with Gasteiger partial charge in [0.15, 0.2) is 17.2 Å². The highest BCUT2D eigenvalue weighted by molar-refractivity contribution is 6.36. The molecule has 200 valence electrons. The van der Waals surface area contributed by atoms with Crippen molar-refractivity contribution < 1.29 is 4.42 Å². The molecule has 7 aromatic rings. The first-order valence-corrected chi connectivity index (χ1v) is 14.4. The number of aromatic nitrogens is 3. The largest absolute Gasteiger partial charge is 0.454 e. The van der Waals surface area contributed by atoms with Gasteiger partial charge in [-0.25, -0.2) is 15.0 Å². The summed E-state index contributed by atoms with van der Waals surface area (Å²) in [6.45, 7) is 0. The van der Waals surface area contributed by atoms with E-state index in [4.69, 9.17) is 31.0 Å². The molecule has 8 rings (SSSR count). The molecule has 2 aromatic heterocycles. The predicted octanol–water partition coefficient (Wildman–Crippen LogP) is 9.78. The van der Waals surface area contributed by atoms with Crippen LogP contribution in [0.15, 0.2) is 126 Å². The van der Waals surface area contributed by atoms with Crippen LogP contribution >= 0.6 is 11.6 Å². The second-order valence-electron chi connectivity index (χ2n) is 10.6. The van der Waals surface area contributed by atoms with Crippen LogP contribution in [0.1, 0.15) is 22.9 Å². The molecule has 0 bridgehead atoms. The molecule has 0 saturated heterocycles. The molecular weight excluding hydrogens is 538 g/mol. The van der Waals surface area contributed by atoms with E-state index in [-0.39, 0.29) is 5.92 Å². The molecule has 5 heteroatoms. The van der Waals surface area contributed by atoms with Gasteiger partial charge in [0, 0.05) is 27.8 Å². The fourth-order valence-corrected chi connectivity index (χ4v) is 6.02. The Morgan fingerprint density at radius 1 is 0.667 bits per heavy atom. The van der Waals surface area contributed by atoms with Crippen LogP contribution in [0.4, 0.5) is 0 Å². The van der Waals surface area contributed by atoms with Gasteiger partial charge < -0.3 is 4.42 Å². The molecule has 1 aliphatic carbocycles. The molecule has 0 radical (unpaired) electrons. The number of benzene rings is 5. The van der Waals surface area contributed by atoms with Crippen molar-refractivity contribution in [3.05, 3.63) is 143 Å². The molecule has 0 N–H and O–H groups in total. The minimum absolute atomic E-state index is 0.00757. The molecule has 1 atom stereocenters. The van der Waals surface area contributed by atoms with Gasteiger partial charge in [-0.3, -0.25) is 0 Å². The molecule has 0 saturated carbocycles.